The summed E-state index contributed by atoms with van der Waals surface area (Å²) in [6.45, 7) is 5.67. The van der Waals surface area contributed by atoms with Gasteiger partial charge in [-0.15, -0.1) is 0 Å². The highest BCUT2D eigenvalue weighted by Crippen LogP contribution is 2.21. The van der Waals surface area contributed by atoms with Crippen molar-refractivity contribution in [2.45, 2.75) is 50.8 Å². The first-order valence-corrected chi connectivity index (χ1v) is 12.5. The van der Waals surface area contributed by atoms with Gasteiger partial charge >= 0.3 is 0 Å². The van der Waals surface area contributed by atoms with Gasteiger partial charge in [0.15, 0.2) is 0 Å². The molecule has 2 N–H and O–H groups in total. The number of piperidine rings is 1. The predicted octanol–water partition coefficient (Wildman–Crippen LogP) is 3.38. The molecule has 182 valence electrons. The molecule has 0 radical (unpaired) electrons. The standard InChI is InChI=1S/C13H24N2O3.C11H12N2OS/c1-10(2)8-11(9-12(16)14-18)13(17)15-6-4-3-5-7-15;1-13(2)15(14)10-7-3-5-9-6-4-8-12-11(9)10/h10-11,18H,3-9H2,1-2H3,(H,14,16);3-8H,1-2H3/t11-;/m1./s1. The van der Waals surface area contributed by atoms with Crippen molar-refractivity contribution in [3.05, 3.63) is 36.5 Å². The first-order chi connectivity index (χ1) is 15.7. The fourth-order valence-corrected chi connectivity index (χ4v) is 4.82. The average Bonchev–Trinajstić information content (AvgIpc) is 2.82. The van der Waals surface area contributed by atoms with Gasteiger partial charge in [-0.25, -0.2) is 14.0 Å². The van der Waals surface area contributed by atoms with Crippen LogP contribution in [0.25, 0.3) is 10.9 Å². The number of nitrogens with one attached hydrogen (secondary N) is 1. The van der Waals surface area contributed by atoms with Crippen LogP contribution in [-0.4, -0.2) is 62.6 Å². The third kappa shape index (κ3) is 8.17. The molecular weight excluding hydrogens is 440 g/mol. The molecule has 1 aliphatic rings. The lowest BCUT2D eigenvalue weighted by Gasteiger charge is -2.30. The zero-order chi connectivity index (χ0) is 24.4. The molecule has 1 aromatic carbocycles. The monoisotopic (exact) mass is 476 g/mol. The second-order valence-electron chi connectivity index (χ2n) is 8.84. The van der Waals surface area contributed by atoms with Crippen LogP contribution in [0.2, 0.25) is 0 Å². The molecule has 1 unspecified atom stereocenters. The molecule has 0 bridgehead atoms. The van der Waals surface area contributed by atoms with Gasteiger partial charge in [-0.2, -0.15) is 0 Å². The maximum atomic E-state index is 12.3. The molecule has 0 saturated carbocycles. The van der Waals surface area contributed by atoms with Crippen molar-refractivity contribution in [1.29, 1.82) is 0 Å². The van der Waals surface area contributed by atoms with E-state index in [1.165, 1.54) is 6.42 Å². The molecule has 33 heavy (non-hydrogen) atoms. The Morgan fingerprint density at radius 3 is 2.42 bits per heavy atom. The van der Waals surface area contributed by atoms with Gasteiger partial charge in [0.25, 0.3) is 0 Å². The second-order valence-corrected chi connectivity index (χ2v) is 10.5. The van der Waals surface area contributed by atoms with E-state index in [-0.39, 0.29) is 18.2 Å². The van der Waals surface area contributed by atoms with Gasteiger partial charge in [0.2, 0.25) is 11.8 Å². The molecule has 2 amide bonds. The van der Waals surface area contributed by atoms with E-state index in [0.717, 1.165) is 41.7 Å². The second kappa shape index (κ2) is 13.4. The van der Waals surface area contributed by atoms with Crippen LogP contribution in [0.3, 0.4) is 0 Å². The normalized spacial score (nSPS) is 15.7. The molecule has 0 aliphatic carbocycles. The van der Waals surface area contributed by atoms with Gasteiger partial charge in [0.05, 0.1) is 10.4 Å². The minimum absolute atomic E-state index is 0.0620. The van der Waals surface area contributed by atoms with Crippen molar-refractivity contribution in [2.24, 2.45) is 11.8 Å². The molecule has 8 nitrogen and oxygen atoms in total. The van der Waals surface area contributed by atoms with Crippen LogP contribution in [0.5, 0.6) is 0 Å². The van der Waals surface area contributed by atoms with E-state index in [9.17, 15) is 13.8 Å². The van der Waals surface area contributed by atoms with Crippen molar-refractivity contribution >= 4 is 33.7 Å². The largest absolute Gasteiger partial charge is 0.342 e. The van der Waals surface area contributed by atoms with Gasteiger partial charge in [-0.1, -0.05) is 32.0 Å². The molecule has 0 spiro atoms. The molecular formula is C24H36N4O4S. The van der Waals surface area contributed by atoms with Gasteiger partial charge in [-0.3, -0.25) is 19.8 Å². The maximum Gasteiger partial charge on any atom is 0.244 e. The number of amides is 2. The lowest BCUT2D eigenvalue weighted by molar-refractivity contribution is -0.141. The smallest absolute Gasteiger partial charge is 0.244 e. The summed E-state index contributed by atoms with van der Waals surface area (Å²) < 4.78 is 13.6. The number of pyridine rings is 1. The van der Waals surface area contributed by atoms with Crippen molar-refractivity contribution in [1.82, 2.24) is 19.7 Å². The van der Waals surface area contributed by atoms with Gasteiger partial charge in [0, 0.05) is 37.0 Å². The minimum Gasteiger partial charge on any atom is -0.342 e. The number of carbonyl (C=O) groups is 2. The summed E-state index contributed by atoms with van der Waals surface area (Å²) >= 11 is 0. The van der Waals surface area contributed by atoms with E-state index in [1.807, 2.05) is 49.1 Å². The van der Waals surface area contributed by atoms with E-state index in [1.54, 1.807) is 30.1 Å². The fourth-order valence-electron chi connectivity index (χ4n) is 3.90. The highest BCUT2D eigenvalue weighted by Gasteiger charge is 2.28. The molecule has 2 atom stereocenters. The lowest BCUT2D eigenvalue weighted by atomic mass is 9.92. The number of para-hydroxylation sites is 1. The Labute approximate surface area is 198 Å². The zero-order valence-corrected chi connectivity index (χ0v) is 20.8. The number of hydrogen-bond acceptors (Lipinski definition) is 5. The molecule has 3 rings (SSSR count). The maximum absolute atomic E-state index is 12.3. The van der Waals surface area contributed by atoms with Crippen molar-refractivity contribution in [3.8, 4) is 0 Å². The molecule has 1 aromatic heterocycles. The van der Waals surface area contributed by atoms with Crippen LogP contribution in [0.4, 0.5) is 0 Å². The summed E-state index contributed by atoms with van der Waals surface area (Å²) in [4.78, 5) is 30.5. The van der Waals surface area contributed by atoms with Crippen LogP contribution in [0.1, 0.15) is 46.0 Å². The van der Waals surface area contributed by atoms with Gasteiger partial charge in [0.1, 0.15) is 11.0 Å². The third-order valence-corrected chi connectivity index (χ3v) is 6.81. The van der Waals surface area contributed by atoms with E-state index in [2.05, 4.69) is 4.98 Å². The Morgan fingerprint density at radius 2 is 1.82 bits per heavy atom. The summed E-state index contributed by atoms with van der Waals surface area (Å²) in [6, 6.07) is 9.58. The molecule has 2 aromatic rings. The number of benzene rings is 1. The van der Waals surface area contributed by atoms with Crippen LogP contribution in [-0.2, 0) is 20.6 Å². The fraction of sp³-hybridized carbons (Fsp3) is 0.542. The zero-order valence-electron chi connectivity index (χ0n) is 20.0. The highest BCUT2D eigenvalue weighted by molar-refractivity contribution is 7.82. The van der Waals surface area contributed by atoms with Crippen LogP contribution in [0.15, 0.2) is 41.4 Å². The SMILES string of the molecule is CC(C)C[C@H](CC(=O)NO)C(=O)N1CCCCC1.CN(C)S(=O)c1cccc2cccnc12. The van der Waals surface area contributed by atoms with Crippen LogP contribution in [0, 0.1) is 11.8 Å². The van der Waals surface area contributed by atoms with E-state index < -0.39 is 16.9 Å². The Morgan fingerprint density at radius 1 is 1.15 bits per heavy atom. The van der Waals surface area contributed by atoms with E-state index in [0.29, 0.717) is 12.3 Å². The van der Waals surface area contributed by atoms with Crippen molar-refractivity contribution < 1.29 is 19.0 Å². The Bertz CT molecular complexity index is 940. The third-order valence-electron chi connectivity index (χ3n) is 5.44. The molecule has 9 heteroatoms. The number of carbonyl (C=O) groups excluding carboxylic acids is 2. The quantitative estimate of drug-likeness (QED) is 0.471. The first-order valence-electron chi connectivity index (χ1n) is 11.4. The highest BCUT2D eigenvalue weighted by atomic mass is 32.2. The average molecular weight is 477 g/mol. The number of hydroxylamine groups is 1. The number of nitrogens with zero attached hydrogens (tertiary/aromatic N) is 3. The lowest BCUT2D eigenvalue weighted by Crippen LogP contribution is -2.41. The topological polar surface area (TPSA) is 103 Å². The minimum atomic E-state index is -1.14. The number of fused-ring (bicyclic) bond motifs is 1. The first kappa shape index (κ1) is 26.9. The Kier molecular flexibility index (Phi) is 10.9. The number of rotatable bonds is 7. The number of hydrogen-bond donors (Lipinski definition) is 2. The van der Waals surface area contributed by atoms with E-state index >= 15 is 0 Å². The summed E-state index contributed by atoms with van der Waals surface area (Å²) in [5, 5.41) is 9.60. The van der Waals surface area contributed by atoms with Crippen molar-refractivity contribution in [2.75, 3.05) is 27.2 Å². The predicted molar refractivity (Wildman–Crippen MR) is 130 cm³/mol. The van der Waals surface area contributed by atoms with Crippen LogP contribution < -0.4 is 5.48 Å². The Balaban J connectivity index is 0.000000237. The molecule has 2 heterocycles. The molecule has 1 fully saturated rings. The summed E-state index contributed by atoms with van der Waals surface area (Å²) in [5.74, 6) is -0.372. The summed E-state index contributed by atoms with van der Waals surface area (Å²) in [5.41, 5.74) is 2.43. The molecule has 1 saturated heterocycles. The van der Waals surface area contributed by atoms with Gasteiger partial charge in [-0.05, 0) is 57.8 Å². The van der Waals surface area contributed by atoms with Gasteiger partial charge < -0.3 is 4.90 Å². The summed E-state index contributed by atoms with van der Waals surface area (Å²) in [7, 11) is 2.44. The Hall–Kier alpha value is -2.36. The van der Waals surface area contributed by atoms with Crippen molar-refractivity contribution in [3.63, 3.8) is 0 Å². The van der Waals surface area contributed by atoms with Crippen LogP contribution >= 0.6 is 0 Å². The van der Waals surface area contributed by atoms with E-state index in [4.69, 9.17) is 5.21 Å². The summed E-state index contributed by atoms with van der Waals surface area (Å²) in [6.07, 6.45) is 5.75. The molecule has 1 aliphatic heterocycles. The number of likely N-dealkylation sites (tertiary alicyclic amines) is 1. The number of aromatic nitrogens is 1.